The fourth-order valence-electron chi connectivity index (χ4n) is 4.70. The van der Waals surface area contributed by atoms with Crippen LogP contribution in [0.25, 0.3) is 0 Å². The summed E-state index contributed by atoms with van der Waals surface area (Å²) in [4.78, 5) is 36.7. The Morgan fingerprint density at radius 1 is 1.03 bits per heavy atom. The van der Waals surface area contributed by atoms with Crippen LogP contribution in [0.5, 0.6) is 17.2 Å². The number of amides is 1. The molecule has 2 N–H and O–H groups in total. The molecule has 0 fully saturated rings. The second-order valence-corrected chi connectivity index (χ2v) is 8.30. The molecule has 2 aromatic rings. The Kier molecular flexibility index (Phi) is 6.54. The van der Waals surface area contributed by atoms with Crippen molar-refractivity contribution in [3.05, 3.63) is 68.9 Å². The van der Waals surface area contributed by atoms with Crippen molar-refractivity contribution in [2.24, 2.45) is 0 Å². The van der Waals surface area contributed by atoms with E-state index in [9.17, 15) is 24.8 Å². The molecular formula is C25H26N2O7. The molecule has 0 bridgehead atoms. The molecule has 2 aromatic carbocycles. The standard InChI is InChI=1S/C25H26N2O7/c1-3-33-17-7-5-14(6-8-17)15-9-19-24(21(28)11-15)18(13-23(29)26-19)16-10-20(27(31)32)25(30)22(12-16)34-4-2/h5-8,10,12,15,18,30H,3-4,9,11,13H2,1-2H3,(H,26,29). The Labute approximate surface area is 196 Å². The van der Waals surface area contributed by atoms with Crippen LogP contribution in [0, 0.1) is 10.1 Å². The number of phenols is 1. The van der Waals surface area contributed by atoms with Gasteiger partial charge in [0.1, 0.15) is 5.75 Å². The maximum absolute atomic E-state index is 13.3. The second kappa shape index (κ2) is 9.54. The molecule has 0 spiro atoms. The third-order valence-corrected chi connectivity index (χ3v) is 6.17. The number of nitro benzene ring substituents is 1. The number of nitro groups is 1. The summed E-state index contributed by atoms with van der Waals surface area (Å²) in [5, 5.41) is 24.6. The van der Waals surface area contributed by atoms with E-state index in [2.05, 4.69) is 5.32 Å². The highest BCUT2D eigenvalue weighted by Crippen LogP contribution is 2.46. The highest BCUT2D eigenvalue weighted by molar-refractivity contribution is 6.02. The number of carbonyl (C=O) groups excluding carboxylic acids is 2. The molecule has 1 aliphatic carbocycles. The van der Waals surface area contributed by atoms with Crippen molar-refractivity contribution in [2.75, 3.05) is 13.2 Å². The molecule has 34 heavy (non-hydrogen) atoms. The second-order valence-electron chi connectivity index (χ2n) is 8.30. The van der Waals surface area contributed by atoms with Crippen LogP contribution in [0.2, 0.25) is 0 Å². The zero-order valence-corrected chi connectivity index (χ0v) is 19.0. The molecule has 2 unspecified atom stereocenters. The van der Waals surface area contributed by atoms with E-state index < -0.39 is 22.3 Å². The van der Waals surface area contributed by atoms with Gasteiger partial charge in [0.15, 0.2) is 11.5 Å². The summed E-state index contributed by atoms with van der Waals surface area (Å²) >= 11 is 0. The lowest BCUT2D eigenvalue weighted by molar-refractivity contribution is -0.386. The van der Waals surface area contributed by atoms with Gasteiger partial charge in [-0.15, -0.1) is 0 Å². The van der Waals surface area contributed by atoms with Gasteiger partial charge in [-0.1, -0.05) is 12.1 Å². The van der Waals surface area contributed by atoms with Crippen LogP contribution in [-0.2, 0) is 9.59 Å². The van der Waals surface area contributed by atoms with Crippen LogP contribution >= 0.6 is 0 Å². The zero-order valence-electron chi connectivity index (χ0n) is 19.0. The average Bonchev–Trinajstić information content (AvgIpc) is 2.80. The van der Waals surface area contributed by atoms with E-state index in [1.165, 1.54) is 12.1 Å². The molecular weight excluding hydrogens is 440 g/mol. The lowest BCUT2D eigenvalue weighted by Gasteiger charge is -2.34. The number of phenolic OH excluding ortho intramolecular Hbond substituents is 1. The van der Waals surface area contributed by atoms with Crippen LogP contribution in [0.4, 0.5) is 5.69 Å². The predicted molar refractivity (Wildman–Crippen MR) is 123 cm³/mol. The number of Topliss-reactive ketones (excluding diaryl/α,β-unsaturated/α-hetero) is 1. The molecule has 9 nitrogen and oxygen atoms in total. The fraction of sp³-hybridized carbons (Fsp3) is 0.360. The van der Waals surface area contributed by atoms with Gasteiger partial charge in [-0.05, 0) is 55.5 Å². The molecule has 0 saturated carbocycles. The minimum Gasteiger partial charge on any atom is -0.500 e. The Bertz CT molecular complexity index is 1170. The minimum absolute atomic E-state index is 0.0220. The highest BCUT2D eigenvalue weighted by atomic mass is 16.6. The summed E-state index contributed by atoms with van der Waals surface area (Å²) in [5.41, 5.74) is 1.85. The van der Waals surface area contributed by atoms with Crippen LogP contribution in [0.15, 0.2) is 47.7 Å². The molecule has 0 aromatic heterocycles. The molecule has 1 aliphatic heterocycles. The van der Waals surface area contributed by atoms with Crippen molar-refractivity contribution in [3.63, 3.8) is 0 Å². The summed E-state index contributed by atoms with van der Waals surface area (Å²) in [5.74, 6) is -1.01. The molecule has 0 saturated heterocycles. The van der Waals surface area contributed by atoms with Gasteiger partial charge in [0.25, 0.3) is 0 Å². The van der Waals surface area contributed by atoms with E-state index in [0.29, 0.717) is 29.9 Å². The number of hydrogen-bond acceptors (Lipinski definition) is 7. The number of benzene rings is 2. The molecule has 9 heteroatoms. The first-order valence-corrected chi connectivity index (χ1v) is 11.2. The Balaban J connectivity index is 1.71. The molecule has 1 amide bonds. The lowest BCUT2D eigenvalue weighted by Crippen LogP contribution is -2.38. The number of allylic oxidation sites excluding steroid dienone is 2. The van der Waals surface area contributed by atoms with Crippen LogP contribution in [0.1, 0.15) is 56.1 Å². The van der Waals surface area contributed by atoms with Crippen LogP contribution < -0.4 is 14.8 Å². The van der Waals surface area contributed by atoms with Crippen LogP contribution in [-0.4, -0.2) is 34.9 Å². The van der Waals surface area contributed by atoms with Crippen molar-refractivity contribution in [2.45, 2.75) is 44.9 Å². The SMILES string of the molecule is CCOc1ccc(C2CC(=O)C3=C(C2)NC(=O)CC3c2cc(OCC)c(O)c([N+](=O)[O-])c2)cc1. The van der Waals surface area contributed by atoms with Gasteiger partial charge in [-0.25, -0.2) is 0 Å². The number of ketones is 1. The van der Waals surface area contributed by atoms with Crippen molar-refractivity contribution in [3.8, 4) is 17.2 Å². The van der Waals surface area contributed by atoms with E-state index in [1.54, 1.807) is 6.92 Å². The smallest absolute Gasteiger partial charge is 0.314 e. The number of rotatable bonds is 7. The van der Waals surface area contributed by atoms with Gasteiger partial charge in [0.05, 0.1) is 18.1 Å². The monoisotopic (exact) mass is 466 g/mol. The topological polar surface area (TPSA) is 128 Å². The fourth-order valence-corrected chi connectivity index (χ4v) is 4.70. The van der Waals surface area contributed by atoms with Gasteiger partial charge < -0.3 is 19.9 Å². The van der Waals surface area contributed by atoms with E-state index in [-0.39, 0.29) is 42.8 Å². The summed E-state index contributed by atoms with van der Waals surface area (Å²) in [6.07, 6.45) is 0.708. The molecule has 0 radical (unpaired) electrons. The van der Waals surface area contributed by atoms with Gasteiger partial charge in [0, 0.05) is 36.1 Å². The normalized spacial score (nSPS) is 19.9. The first kappa shape index (κ1) is 23.3. The average molecular weight is 466 g/mol. The maximum Gasteiger partial charge on any atom is 0.314 e. The first-order chi connectivity index (χ1) is 16.3. The molecule has 2 aliphatic rings. The molecule has 4 rings (SSSR count). The molecule has 2 atom stereocenters. The van der Waals surface area contributed by atoms with E-state index in [4.69, 9.17) is 9.47 Å². The van der Waals surface area contributed by atoms with Gasteiger partial charge in [0.2, 0.25) is 11.7 Å². The van der Waals surface area contributed by atoms with Crippen molar-refractivity contribution in [1.29, 1.82) is 0 Å². The summed E-state index contributed by atoms with van der Waals surface area (Å²) in [7, 11) is 0. The van der Waals surface area contributed by atoms with Gasteiger partial charge in [-0.2, -0.15) is 0 Å². The van der Waals surface area contributed by atoms with Gasteiger partial charge in [-0.3, -0.25) is 19.7 Å². The third kappa shape index (κ3) is 4.46. The molecule has 1 heterocycles. The largest absolute Gasteiger partial charge is 0.500 e. The Morgan fingerprint density at radius 3 is 2.38 bits per heavy atom. The lowest BCUT2D eigenvalue weighted by atomic mass is 9.73. The summed E-state index contributed by atoms with van der Waals surface area (Å²) in [6, 6.07) is 10.3. The summed E-state index contributed by atoms with van der Waals surface area (Å²) < 4.78 is 10.9. The number of nitrogens with one attached hydrogen (secondary N) is 1. The van der Waals surface area contributed by atoms with Crippen molar-refractivity contribution in [1.82, 2.24) is 5.32 Å². The number of carbonyl (C=O) groups is 2. The Morgan fingerprint density at radius 2 is 1.74 bits per heavy atom. The number of aromatic hydroxyl groups is 1. The highest BCUT2D eigenvalue weighted by Gasteiger charge is 2.39. The third-order valence-electron chi connectivity index (χ3n) is 6.17. The van der Waals surface area contributed by atoms with Crippen LogP contribution in [0.3, 0.4) is 0 Å². The van der Waals surface area contributed by atoms with E-state index >= 15 is 0 Å². The van der Waals surface area contributed by atoms with E-state index in [0.717, 1.165) is 11.3 Å². The maximum atomic E-state index is 13.3. The number of hydrogen-bond donors (Lipinski definition) is 2. The summed E-state index contributed by atoms with van der Waals surface area (Å²) in [6.45, 7) is 4.35. The predicted octanol–water partition coefficient (Wildman–Crippen LogP) is 4.10. The van der Waals surface area contributed by atoms with Gasteiger partial charge >= 0.3 is 5.69 Å². The van der Waals surface area contributed by atoms with Crippen molar-refractivity contribution < 1.29 is 29.1 Å². The Hall–Kier alpha value is -3.88. The quantitative estimate of drug-likeness (QED) is 0.464. The minimum atomic E-state index is -0.704. The van der Waals surface area contributed by atoms with Crippen molar-refractivity contribution >= 4 is 17.4 Å². The first-order valence-electron chi connectivity index (χ1n) is 11.2. The molecule has 178 valence electrons. The number of nitrogens with zero attached hydrogens (tertiary/aromatic N) is 1. The van der Waals surface area contributed by atoms with E-state index in [1.807, 2.05) is 31.2 Å². The number of ether oxygens (including phenoxy) is 2. The zero-order chi connectivity index (χ0) is 24.4.